The second-order valence-corrected chi connectivity index (χ2v) is 3.78. The Hall–Kier alpha value is -1.11. The average molecular weight is 189 g/mol. The summed E-state index contributed by atoms with van der Waals surface area (Å²) in [4.78, 5) is 4.32. The van der Waals surface area contributed by atoms with Gasteiger partial charge in [-0.15, -0.1) is 0 Å². The van der Waals surface area contributed by atoms with E-state index in [1.807, 2.05) is 12.3 Å². The molecule has 1 aromatic heterocycles. The van der Waals surface area contributed by atoms with E-state index in [1.165, 1.54) is 30.4 Å². The normalized spacial score (nSPS) is 10.1. The molecule has 0 saturated carbocycles. The van der Waals surface area contributed by atoms with Gasteiger partial charge in [0.1, 0.15) is 0 Å². The van der Waals surface area contributed by atoms with E-state index in [-0.39, 0.29) is 0 Å². The highest BCUT2D eigenvalue weighted by Crippen LogP contribution is 2.17. The van der Waals surface area contributed by atoms with Crippen molar-refractivity contribution in [3.63, 3.8) is 0 Å². The molecule has 0 amide bonds. The second kappa shape index (κ2) is 5.58. The number of nitrogens with zero attached hydrogens (tertiary/aromatic N) is 1. The third-order valence-corrected chi connectivity index (χ3v) is 2.36. The molecule has 0 aliphatic carbocycles. The Morgan fingerprint density at radius 1 is 1.43 bits per heavy atom. The predicted molar refractivity (Wildman–Crippen MR) is 62.2 cm³/mol. The lowest BCUT2D eigenvalue weighted by Crippen LogP contribution is -1.89. The topological polar surface area (TPSA) is 12.9 Å². The molecule has 0 bridgehead atoms. The zero-order chi connectivity index (χ0) is 10.4. The summed E-state index contributed by atoms with van der Waals surface area (Å²) in [6.45, 7) is 8.38. The van der Waals surface area contributed by atoms with E-state index in [9.17, 15) is 0 Å². The van der Waals surface area contributed by atoms with Gasteiger partial charge in [-0.2, -0.15) is 0 Å². The van der Waals surface area contributed by atoms with Gasteiger partial charge in [0, 0.05) is 6.20 Å². The average Bonchev–Trinajstić information content (AvgIpc) is 2.18. The molecule has 0 N–H and O–H groups in total. The molecule has 0 radical (unpaired) electrons. The minimum atomic E-state index is 1.06. The maximum Gasteiger partial charge on any atom is 0.0658 e. The van der Waals surface area contributed by atoms with Crippen LogP contribution < -0.4 is 0 Å². The van der Waals surface area contributed by atoms with Gasteiger partial charge in [0.2, 0.25) is 0 Å². The van der Waals surface area contributed by atoms with Crippen LogP contribution in [0.2, 0.25) is 0 Å². The van der Waals surface area contributed by atoms with Crippen molar-refractivity contribution in [2.45, 2.75) is 39.5 Å². The Labute approximate surface area is 86.9 Å². The van der Waals surface area contributed by atoms with Crippen molar-refractivity contribution >= 4 is 5.57 Å². The Balaban J connectivity index is 2.52. The Morgan fingerprint density at radius 2 is 2.21 bits per heavy atom. The molecule has 0 unspecified atom stereocenters. The monoisotopic (exact) mass is 189 g/mol. The second-order valence-electron chi connectivity index (χ2n) is 3.78. The molecule has 0 aromatic carbocycles. The lowest BCUT2D eigenvalue weighted by atomic mass is 10.0. The highest BCUT2D eigenvalue weighted by Gasteiger charge is 1.99. The van der Waals surface area contributed by atoms with Gasteiger partial charge in [0.05, 0.1) is 5.69 Å². The van der Waals surface area contributed by atoms with Crippen LogP contribution >= 0.6 is 0 Å². The van der Waals surface area contributed by atoms with Gasteiger partial charge in [-0.1, -0.05) is 26.3 Å². The highest BCUT2D eigenvalue weighted by atomic mass is 14.7. The summed E-state index contributed by atoms with van der Waals surface area (Å²) in [7, 11) is 0. The van der Waals surface area contributed by atoms with Crippen LogP contribution in [0, 0.1) is 6.92 Å². The molecule has 76 valence electrons. The standard InChI is InChI=1S/C13H19N/c1-4-5-6-7-12(3)13-10-11(2)8-9-14-13/h8-10H,3-7H2,1-2H3. The van der Waals surface area contributed by atoms with Crippen molar-refractivity contribution in [2.75, 3.05) is 0 Å². The summed E-state index contributed by atoms with van der Waals surface area (Å²) in [5, 5.41) is 0. The molecular formula is C13H19N. The van der Waals surface area contributed by atoms with Crippen LogP contribution in [0.5, 0.6) is 0 Å². The molecule has 1 rings (SSSR count). The molecule has 0 spiro atoms. The van der Waals surface area contributed by atoms with Gasteiger partial charge in [0.25, 0.3) is 0 Å². The quantitative estimate of drug-likeness (QED) is 0.638. The molecule has 0 fully saturated rings. The van der Waals surface area contributed by atoms with Crippen molar-refractivity contribution < 1.29 is 0 Å². The SMILES string of the molecule is C=C(CCCCC)c1cc(C)ccn1. The number of hydrogen-bond donors (Lipinski definition) is 0. The van der Waals surface area contributed by atoms with Gasteiger partial charge in [-0.05, 0) is 43.0 Å². The maximum atomic E-state index is 4.32. The van der Waals surface area contributed by atoms with Crippen LogP contribution in [0.4, 0.5) is 0 Å². The summed E-state index contributed by atoms with van der Waals surface area (Å²) in [6.07, 6.45) is 6.70. The number of pyridine rings is 1. The number of unbranched alkanes of at least 4 members (excludes halogenated alkanes) is 2. The first-order valence-corrected chi connectivity index (χ1v) is 5.35. The maximum absolute atomic E-state index is 4.32. The Bertz CT molecular complexity index is 302. The number of rotatable bonds is 5. The van der Waals surface area contributed by atoms with Crippen LogP contribution in [0.25, 0.3) is 5.57 Å². The number of hydrogen-bond acceptors (Lipinski definition) is 1. The van der Waals surface area contributed by atoms with Crippen molar-refractivity contribution in [2.24, 2.45) is 0 Å². The summed E-state index contributed by atoms with van der Waals surface area (Å²) in [5.41, 5.74) is 3.48. The number of aromatic nitrogens is 1. The lowest BCUT2D eigenvalue weighted by Gasteiger charge is -2.04. The third kappa shape index (κ3) is 3.33. The molecule has 1 heteroatoms. The molecule has 1 aromatic rings. The molecular weight excluding hydrogens is 170 g/mol. The van der Waals surface area contributed by atoms with Gasteiger partial charge < -0.3 is 0 Å². The van der Waals surface area contributed by atoms with Crippen LogP contribution in [-0.2, 0) is 0 Å². The van der Waals surface area contributed by atoms with Gasteiger partial charge in [-0.25, -0.2) is 0 Å². The molecule has 0 aliphatic heterocycles. The van der Waals surface area contributed by atoms with Gasteiger partial charge >= 0.3 is 0 Å². The fraction of sp³-hybridized carbons (Fsp3) is 0.462. The minimum Gasteiger partial charge on any atom is -0.257 e. The molecule has 0 aliphatic rings. The van der Waals surface area contributed by atoms with Crippen LogP contribution in [0.15, 0.2) is 24.9 Å². The van der Waals surface area contributed by atoms with E-state index < -0.39 is 0 Å². The zero-order valence-corrected chi connectivity index (χ0v) is 9.21. The van der Waals surface area contributed by atoms with Crippen LogP contribution in [0.1, 0.15) is 43.9 Å². The Kier molecular flexibility index (Phi) is 4.37. The van der Waals surface area contributed by atoms with Gasteiger partial charge in [-0.3, -0.25) is 4.98 Å². The van der Waals surface area contributed by atoms with Crippen molar-refractivity contribution in [1.29, 1.82) is 0 Å². The first kappa shape index (κ1) is 11.0. The smallest absolute Gasteiger partial charge is 0.0658 e. The van der Waals surface area contributed by atoms with E-state index in [0.29, 0.717) is 0 Å². The fourth-order valence-corrected chi connectivity index (χ4v) is 1.45. The zero-order valence-electron chi connectivity index (χ0n) is 9.21. The molecule has 1 nitrogen and oxygen atoms in total. The fourth-order valence-electron chi connectivity index (χ4n) is 1.45. The van der Waals surface area contributed by atoms with Crippen molar-refractivity contribution in [3.05, 3.63) is 36.2 Å². The lowest BCUT2D eigenvalue weighted by molar-refractivity contribution is 0.735. The van der Waals surface area contributed by atoms with E-state index in [1.54, 1.807) is 0 Å². The van der Waals surface area contributed by atoms with Crippen molar-refractivity contribution in [3.8, 4) is 0 Å². The van der Waals surface area contributed by atoms with E-state index in [0.717, 1.165) is 12.1 Å². The molecule has 14 heavy (non-hydrogen) atoms. The third-order valence-electron chi connectivity index (χ3n) is 2.36. The summed E-state index contributed by atoms with van der Waals surface area (Å²) in [6, 6.07) is 4.12. The molecule has 0 atom stereocenters. The number of allylic oxidation sites excluding steroid dienone is 1. The highest BCUT2D eigenvalue weighted by molar-refractivity contribution is 5.60. The predicted octanol–water partition coefficient (Wildman–Crippen LogP) is 3.98. The first-order chi connectivity index (χ1) is 6.74. The summed E-state index contributed by atoms with van der Waals surface area (Å²) in [5.74, 6) is 0. The summed E-state index contributed by atoms with van der Waals surface area (Å²) >= 11 is 0. The Morgan fingerprint density at radius 3 is 2.86 bits per heavy atom. The van der Waals surface area contributed by atoms with Gasteiger partial charge in [0.15, 0.2) is 0 Å². The first-order valence-electron chi connectivity index (χ1n) is 5.35. The number of aryl methyl sites for hydroxylation is 1. The largest absolute Gasteiger partial charge is 0.257 e. The van der Waals surface area contributed by atoms with Crippen LogP contribution in [0.3, 0.4) is 0 Å². The summed E-state index contributed by atoms with van der Waals surface area (Å²) < 4.78 is 0. The van der Waals surface area contributed by atoms with E-state index in [2.05, 4.69) is 31.5 Å². The van der Waals surface area contributed by atoms with Crippen molar-refractivity contribution in [1.82, 2.24) is 4.98 Å². The van der Waals surface area contributed by atoms with E-state index >= 15 is 0 Å². The van der Waals surface area contributed by atoms with E-state index in [4.69, 9.17) is 0 Å². The van der Waals surface area contributed by atoms with Crippen LogP contribution in [-0.4, -0.2) is 4.98 Å². The molecule has 1 heterocycles. The minimum absolute atomic E-state index is 1.06. The molecule has 0 saturated heterocycles.